The lowest BCUT2D eigenvalue weighted by Gasteiger charge is -2.03. The van der Waals surface area contributed by atoms with Crippen LogP contribution in [0.25, 0.3) is 0 Å². The van der Waals surface area contributed by atoms with Crippen molar-refractivity contribution in [2.24, 2.45) is 7.05 Å². The summed E-state index contributed by atoms with van der Waals surface area (Å²) >= 11 is 0. The molecule has 12 heavy (non-hydrogen) atoms. The van der Waals surface area contributed by atoms with Crippen molar-refractivity contribution in [3.05, 3.63) is 22.5 Å². The number of nitrogens with zero attached hydrogens (tertiary/aromatic N) is 2. The van der Waals surface area contributed by atoms with Gasteiger partial charge < -0.3 is 4.74 Å². The molecule has 0 saturated carbocycles. The number of hydrogen-bond donors (Lipinski definition) is 0. The van der Waals surface area contributed by atoms with E-state index in [4.69, 9.17) is 4.74 Å². The molecule has 0 bridgehead atoms. The van der Waals surface area contributed by atoms with Gasteiger partial charge in [-0.15, -0.1) is 5.10 Å². The molecule has 1 aromatic rings. The molecule has 0 radical (unpaired) electrons. The maximum absolute atomic E-state index is 10.9. The Balaban J connectivity index is 2.75. The Morgan fingerprint density at radius 1 is 1.58 bits per heavy atom. The van der Waals surface area contributed by atoms with Gasteiger partial charge in [0.15, 0.2) is 0 Å². The van der Waals surface area contributed by atoms with Crippen LogP contribution in [0.2, 0.25) is 0 Å². The van der Waals surface area contributed by atoms with Gasteiger partial charge in [0.05, 0.1) is 6.61 Å². The van der Waals surface area contributed by atoms with Crippen LogP contribution in [0.3, 0.4) is 0 Å². The average molecular weight is 168 g/mol. The summed E-state index contributed by atoms with van der Waals surface area (Å²) in [6.45, 7) is 2.65. The van der Waals surface area contributed by atoms with Crippen molar-refractivity contribution in [3.8, 4) is 5.88 Å². The summed E-state index contributed by atoms with van der Waals surface area (Å²) in [4.78, 5) is 10.9. The van der Waals surface area contributed by atoms with Crippen LogP contribution in [0.5, 0.6) is 5.88 Å². The van der Waals surface area contributed by atoms with Crippen molar-refractivity contribution in [2.45, 2.75) is 13.3 Å². The van der Waals surface area contributed by atoms with Gasteiger partial charge in [-0.3, -0.25) is 4.79 Å². The number of rotatable bonds is 3. The molecule has 0 fully saturated rings. The predicted molar refractivity (Wildman–Crippen MR) is 45.3 cm³/mol. The van der Waals surface area contributed by atoms with E-state index >= 15 is 0 Å². The first kappa shape index (κ1) is 8.77. The van der Waals surface area contributed by atoms with Crippen LogP contribution in [-0.2, 0) is 7.05 Å². The minimum atomic E-state index is -0.126. The fourth-order valence-corrected chi connectivity index (χ4v) is 0.765. The highest BCUT2D eigenvalue weighted by atomic mass is 16.5. The maximum atomic E-state index is 10.9. The highest BCUT2D eigenvalue weighted by Gasteiger charge is 1.95. The van der Waals surface area contributed by atoms with Crippen molar-refractivity contribution >= 4 is 0 Å². The summed E-state index contributed by atoms with van der Waals surface area (Å²) in [6.07, 6.45) is 0.935. The molecule has 0 unspecified atom stereocenters. The van der Waals surface area contributed by atoms with E-state index in [9.17, 15) is 4.79 Å². The van der Waals surface area contributed by atoms with E-state index in [1.54, 1.807) is 13.1 Å². The number of hydrogen-bond acceptors (Lipinski definition) is 3. The molecule has 0 amide bonds. The second kappa shape index (κ2) is 3.90. The molecule has 1 heterocycles. The standard InChI is InChI=1S/C8H12N2O2/c1-3-6-12-7-4-5-8(11)10(2)9-7/h4-5H,3,6H2,1-2H3. The maximum Gasteiger partial charge on any atom is 0.266 e. The van der Waals surface area contributed by atoms with Gasteiger partial charge in [0.25, 0.3) is 5.56 Å². The second-order valence-corrected chi connectivity index (χ2v) is 2.48. The van der Waals surface area contributed by atoms with E-state index < -0.39 is 0 Å². The van der Waals surface area contributed by atoms with Crippen molar-refractivity contribution in [1.82, 2.24) is 9.78 Å². The summed E-state index contributed by atoms with van der Waals surface area (Å²) in [7, 11) is 1.60. The lowest BCUT2D eigenvalue weighted by Crippen LogP contribution is -2.18. The van der Waals surface area contributed by atoms with Crippen LogP contribution >= 0.6 is 0 Å². The topological polar surface area (TPSA) is 44.1 Å². The monoisotopic (exact) mass is 168 g/mol. The van der Waals surface area contributed by atoms with Gasteiger partial charge in [0, 0.05) is 19.2 Å². The quantitative estimate of drug-likeness (QED) is 0.662. The zero-order chi connectivity index (χ0) is 8.97. The first-order chi connectivity index (χ1) is 5.74. The lowest BCUT2D eigenvalue weighted by atomic mass is 10.5. The first-order valence-corrected chi connectivity index (χ1v) is 3.91. The Morgan fingerprint density at radius 2 is 2.33 bits per heavy atom. The molecule has 66 valence electrons. The molecule has 4 nitrogen and oxygen atoms in total. The minimum absolute atomic E-state index is 0.126. The van der Waals surface area contributed by atoms with Crippen LogP contribution in [0.15, 0.2) is 16.9 Å². The van der Waals surface area contributed by atoms with Crippen LogP contribution in [0, 0.1) is 0 Å². The fourth-order valence-electron chi connectivity index (χ4n) is 0.765. The van der Waals surface area contributed by atoms with E-state index in [-0.39, 0.29) is 5.56 Å². The third kappa shape index (κ3) is 2.08. The van der Waals surface area contributed by atoms with Crippen molar-refractivity contribution in [3.63, 3.8) is 0 Å². The Morgan fingerprint density at radius 3 is 2.92 bits per heavy atom. The predicted octanol–water partition coefficient (Wildman–Crippen LogP) is 0.569. The molecule has 0 saturated heterocycles. The summed E-state index contributed by atoms with van der Waals surface area (Å²) in [5.74, 6) is 0.499. The summed E-state index contributed by atoms with van der Waals surface area (Å²) < 4.78 is 6.48. The molecular weight excluding hydrogens is 156 g/mol. The fraction of sp³-hybridized carbons (Fsp3) is 0.500. The van der Waals surface area contributed by atoms with E-state index in [1.807, 2.05) is 6.92 Å². The zero-order valence-corrected chi connectivity index (χ0v) is 7.28. The van der Waals surface area contributed by atoms with Gasteiger partial charge in [0.2, 0.25) is 5.88 Å². The summed E-state index contributed by atoms with van der Waals surface area (Å²) in [5, 5.41) is 3.89. The molecule has 4 heteroatoms. The van der Waals surface area contributed by atoms with Gasteiger partial charge in [-0.25, -0.2) is 4.68 Å². The SMILES string of the molecule is CCCOc1ccc(=O)n(C)n1. The summed E-state index contributed by atoms with van der Waals surface area (Å²) in [5.41, 5.74) is -0.126. The smallest absolute Gasteiger partial charge is 0.266 e. The normalized spacial score (nSPS) is 9.83. The number of aryl methyl sites for hydroxylation is 1. The zero-order valence-electron chi connectivity index (χ0n) is 7.28. The van der Waals surface area contributed by atoms with E-state index in [0.29, 0.717) is 12.5 Å². The molecule has 1 aromatic heterocycles. The minimum Gasteiger partial charge on any atom is -0.477 e. The molecule has 0 aliphatic carbocycles. The third-order valence-electron chi connectivity index (χ3n) is 1.39. The van der Waals surface area contributed by atoms with Gasteiger partial charge in [-0.1, -0.05) is 6.92 Å². The molecule has 0 aromatic carbocycles. The Kier molecular flexibility index (Phi) is 2.85. The van der Waals surface area contributed by atoms with Crippen LogP contribution in [0.1, 0.15) is 13.3 Å². The molecule has 0 spiro atoms. The van der Waals surface area contributed by atoms with Gasteiger partial charge in [-0.05, 0) is 6.42 Å². The lowest BCUT2D eigenvalue weighted by molar-refractivity contribution is 0.296. The van der Waals surface area contributed by atoms with Crippen LogP contribution < -0.4 is 10.3 Å². The van der Waals surface area contributed by atoms with Crippen molar-refractivity contribution in [1.29, 1.82) is 0 Å². The highest BCUT2D eigenvalue weighted by Crippen LogP contribution is 2.00. The summed E-state index contributed by atoms with van der Waals surface area (Å²) in [6, 6.07) is 3.02. The van der Waals surface area contributed by atoms with Gasteiger partial charge in [0.1, 0.15) is 0 Å². The average Bonchev–Trinajstić information content (AvgIpc) is 2.07. The van der Waals surface area contributed by atoms with Crippen molar-refractivity contribution in [2.75, 3.05) is 6.61 Å². The van der Waals surface area contributed by atoms with Gasteiger partial charge >= 0.3 is 0 Å². The molecule has 0 aliphatic heterocycles. The Hall–Kier alpha value is -1.32. The second-order valence-electron chi connectivity index (χ2n) is 2.48. The molecule has 0 N–H and O–H groups in total. The van der Waals surface area contributed by atoms with Crippen molar-refractivity contribution < 1.29 is 4.74 Å². The largest absolute Gasteiger partial charge is 0.477 e. The van der Waals surface area contributed by atoms with E-state index in [1.165, 1.54) is 10.7 Å². The molecule has 1 rings (SSSR count). The van der Waals surface area contributed by atoms with E-state index in [2.05, 4.69) is 5.10 Å². The highest BCUT2D eigenvalue weighted by molar-refractivity contribution is 5.05. The Labute approximate surface area is 70.8 Å². The molecule has 0 aliphatic rings. The van der Waals surface area contributed by atoms with Gasteiger partial charge in [-0.2, -0.15) is 0 Å². The number of ether oxygens (including phenoxy) is 1. The van der Waals surface area contributed by atoms with E-state index in [0.717, 1.165) is 6.42 Å². The Bertz CT molecular complexity index is 306. The first-order valence-electron chi connectivity index (χ1n) is 3.91. The molecular formula is C8H12N2O2. The number of aromatic nitrogens is 2. The van der Waals surface area contributed by atoms with Crippen LogP contribution in [-0.4, -0.2) is 16.4 Å². The third-order valence-corrected chi connectivity index (χ3v) is 1.39. The molecule has 0 atom stereocenters. The van der Waals surface area contributed by atoms with Crippen LogP contribution in [0.4, 0.5) is 0 Å².